The Balaban J connectivity index is 1.98. The average Bonchev–Trinajstić information content (AvgIpc) is 2.72. The number of hydrogen-bond donors (Lipinski definition) is 1. The number of benzene rings is 2. The van der Waals surface area contributed by atoms with Crippen molar-refractivity contribution in [2.45, 2.75) is 32.4 Å². The smallest absolute Gasteiger partial charge is 0.318 e. The van der Waals surface area contributed by atoms with Gasteiger partial charge in [0, 0.05) is 18.0 Å². The molecule has 2 aromatic rings. The summed E-state index contributed by atoms with van der Waals surface area (Å²) in [5, 5.41) is 3.96. The second kappa shape index (κ2) is 9.44. The van der Waals surface area contributed by atoms with Crippen LogP contribution in [0, 0.1) is 5.92 Å². The fraction of sp³-hybridized carbons (Fsp3) is 0.435. The van der Waals surface area contributed by atoms with Gasteiger partial charge in [0.25, 0.3) is 0 Å². The van der Waals surface area contributed by atoms with Gasteiger partial charge < -0.3 is 15.1 Å². The van der Waals surface area contributed by atoms with Crippen LogP contribution in [0.5, 0.6) is 0 Å². The number of halogens is 1. The Labute approximate surface area is 173 Å². The average molecular weight is 400 g/mol. The van der Waals surface area contributed by atoms with Crippen molar-refractivity contribution in [3.05, 3.63) is 70.7 Å². The first-order valence-corrected chi connectivity index (χ1v) is 10.5. The van der Waals surface area contributed by atoms with Crippen LogP contribution in [0.3, 0.4) is 0 Å². The highest BCUT2D eigenvalue weighted by Crippen LogP contribution is 2.42. The summed E-state index contributed by atoms with van der Waals surface area (Å²) < 4.78 is 0. The summed E-state index contributed by atoms with van der Waals surface area (Å²) in [4.78, 5) is 17.1. The maximum absolute atomic E-state index is 12.8. The highest BCUT2D eigenvalue weighted by Gasteiger charge is 2.41. The van der Waals surface area contributed by atoms with E-state index in [0.29, 0.717) is 5.02 Å². The minimum atomic E-state index is -0.0344. The van der Waals surface area contributed by atoms with Crippen molar-refractivity contribution in [1.82, 2.24) is 15.1 Å². The van der Waals surface area contributed by atoms with Crippen molar-refractivity contribution in [3.8, 4) is 0 Å². The zero-order valence-electron chi connectivity index (χ0n) is 16.9. The molecule has 150 valence electrons. The first-order valence-electron chi connectivity index (χ1n) is 10.1. The molecule has 0 bridgehead atoms. The Morgan fingerprint density at radius 2 is 1.64 bits per heavy atom. The molecule has 2 amide bonds. The Kier molecular flexibility index (Phi) is 6.97. The van der Waals surface area contributed by atoms with Crippen LogP contribution in [0.2, 0.25) is 5.02 Å². The van der Waals surface area contributed by atoms with Crippen molar-refractivity contribution < 1.29 is 4.79 Å². The summed E-state index contributed by atoms with van der Waals surface area (Å²) in [6, 6.07) is 18.2. The molecule has 1 aliphatic rings. The highest BCUT2D eigenvalue weighted by molar-refractivity contribution is 6.30. The van der Waals surface area contributed by atoms with Crippen molar-refractivity contribution in [1.29, 1.82) is 0 Å². The number of carbonyl (C=O) groups excluding carboxylic acids is 1. The van der Waals surface area contributed by atoms with Gasteiger partial charge >= 0.3 is 6.03 Å². The van der Waals surface area contributed by atoms with Crippen LogP contribution in [-0.4, -0.2) is 42.5 Å². The van der Waals surface area contributed by atoms with Crippen LogP contribution in [0.25, 0.3) is 0 Å². The lowest BCUT2D eigenvalue weighted by atomic mass is 9.79. The molecule has 1 saturated heterocycles. The van der Waals surface area contributed by atoms with Crippen molar-refractivity contribution >= 4 is 17.6 Å². The molecule has 0 saturated carbocycles. The summed E-state index contributed by atoms with van der Waals surface area (Å²) in [6.45, 7) is 7.47. The zero-order valence-corrected chi connectivity index (χ0v) is 17.7. The topological polar surface area (TPSA) is 35.6 Å². The van der Waals surface area contributed by atoms with Gasteiger partial charge in [-0.2, -0.15) is 0 Å². The van der Waals surface area contributed by atoms with E-state index in [1.54, 1.807) is 0 Å². The normalized spacial score (nSPS) is 22.4. The predicted molar refractivity (Wildman–Crippen MR) is 116 cm³/mol. The summed E-state index contributed by atoms with van der Waals surface area (Å²) in [5.41, 5.74) is 2.29. The molecule has 3 unspecified atom stereocenters. The first kappa shape index (κ1) is 20.7. The molecule has 5 heteroatoms. The minimum absolute atomic E-state index is 0.00628. The number of urea groups is 1. The minimum Gasteiger partial charge on any atom is -0.331 e. The van der Waals surface area contributed by atoms with E-state index in [9.17, 15) is 4.79 Å². The van der Waals surface area contributed by atoms with Crippen LogP contribution in [0.4, 0.5) is 4.79 Å². The first-order chi connectivity index (χ1) is 13.5. The van der Waals surface area contributed by atoms with Gasteiger partial charge in [-0.05, 0) is 49.3 Å². The zero-order chi connectivity index (χ0) is 20.1. The van der Waals surface area contributed by atoms with Gasteiger partial charge in [0.05, 0.1) is 12.1 Å². The molecule has 28 heavy (non-hydrogen) atoms. The molecule has 1 N–H and O–H groups in total. The molecule has 1 aliphatic heterocycles. The molecule has 0 radical (unpaired) electrons. The maximum atomic E-state index is 12.8. The standard InChI is InChI=1S/C23H30ClN3O/c1-4-27(5-2)16-15-20-21(17-9-7-6-8-10-17)25-23(28)26(3)22(20)18-11-13-19(24)14-12-18/h6-14,20-22H,4-5,15-16H2,1-3H3,(H,25,28). The third-order valence-corrected chi connectivity index (χ3v) is 6.15. The molecule has 2 aromatic carbocycles. The molecule has 3 rings (SSSR count). The molecule has 0 spiro atoms. The van der Waals surface area contributed by atoms with Gasteiger partial charge in [0.1, 0.15) is 0 Å². The third kappa shape index (κ3) is 4.50. The van der Waals surface area contributed by atoms with E-state index in [1.165, 1.54) is 0 Å². The van der Waals surface area contributed by atoms with Gasteiger partial charge in [-0.1, -0.05) is 67.9 Å². The Hall–Kier alpha value is -2.04. The van der Waals surface area contributed by atoms with E-state index in [0.717, 1.165) is 37.2 Å². The van der Waals surface area contributed by atoms with Crippen molar-refractivity contribution in [2.75, 3.05) is 26.7 Å². The number of carbonyl (C=O) groups is 1. The van der Waals surface area contributed by atoms with Crippen LogP contribution in [-0.2, 0) is 0 Å². The van der Waals surface area contributed by atoms with Crippen LogP contribution in [0.15, 0.2) is 54.6 Å². The van der Waals surface area contributed by atoms with E-state index in [1.807, 2.05) is 42.3 Å². The summed E-state index contributed by atoms with van der Waals surface area (Å²) in [7, 11) is 1.89. The third-order valence-electron chi connectivity index (χ3n) is 5.89. The highest BCUT2D eigenvalue weighted by atomic mass is 35.5. The fourth-order valence-electron chi connectivity index (χ4n) is 4.26. The molecule has 1 fully saturated rings. The summed E-state index contributed by atoms with van der Waals surface area (Å²) in [5.74, 6) is 0.256. The number of nitrogens with one attached hydrogen (secondary N) is 1. The van der Waals surface area contributed by atoms with Gasteiger partial charge in [0.2, 0.25) is 0 Å². The monoisotopic (exact) mass is 399 g/mol. The van der Waals surface area contributed by atoms with Gasteiger partial charge in [-0.3, -0.25) is 0 Å². The van der Waals surface area contributed by atoms with Crippen LogP contribution < -0.4 is 5.32 Å². The van der Waals surface area contributed by atoms with Crippen molar-refractivity contribution in [2.24, 2.45) is 5.92 Å². The lowest BCUT2D eigenvalue weighted by Crippen LogP contribution is -2.53. The quantitative estimate of drug-likeness (QED) is 0.700. The van der Waals surface area contributed by atoms with Crippen LogP contribution in [0.1, 0.15) is 43.5 Å². The Morgan fingerprint density at radius 3 is 2.25 bits per heavy atom. The van der Waals surface area contributed by atoms with E-state index < -0.39 is 0 Å². The predicted octanol–water partition coefficient (Wildman–Crippen LogP) is 5.13. The number of hydrogen-bond acceptors (Lipinski definition) is 2. The van der Waals surface area contributed by atoms with E-state index in [-0.39, 0.29) is 24.0 Å². The molecular weight excluding hydrogens is 370 g/mol. The second-order valence-corrected chi connectivity index (χ2v) is 7.86. The van der Waals surface area contributed by atoms with Gasteiger partial charge in [0.15, 0.2) is 0 Å². The summed E-state index contributed by atoms with van der Waals surface area (Å²) in [6.07, 6.45) is 0.999. The SMILES string of the molecule is CCN(CC)CCC1C(c2ccccc2)NC(=O)N(C)C1c1ccc(Cl)cc1. The largest absolute Gasteiger partial charge is 0.331 e. The van der Waals surface area contributed by atoms with Crippen molar-refractivity contribution in [3.63, 3.8) is 0 Å². The molecule has 0 aromatic heterocycles. The maximum Gasteiger partial charge on any atom is 0.318 e. The van der Waals surface area contributed by atoms with Gasteiger partial charge in [-0.25, -0.2) is 4.79 Å². The van der Waals surface area contributed by atoms with E-state index >= 15 is 0 Å². The molecule has 3 atom stereocenters. The Bertz CT molecular complexity index is 761. The number of nitrogens with zero attached hydrogens (tertiary/aromatic N) is 2. The fourth-order valence-corrected chi connectivity index (χ4v) is 4.38. The van der Waals surface area contributed by atoms with Crippen LogP contribution >= 0.6 is 11.6 Å². The molecule has 4 nitrogen and oxygen atoms in total. The molecular formula is C23H30ClN3O. The number of amides is 2. The molecule has 1 heterocycles. The lowest BCUT2D eigenvalue weighted by Gasteiger charge is -2.45. The van der Waals surface area contributed by atoms with E-state index in [2.05, 4.69) is 48.3 Å². The number of rotatable bonds is 7. The molecule has 0 aliphatic carbocycles. The summed E-state index contributed by atoms with van der Waals surface area (Å²) >= 11 is 6.12. The van der Waals surface area contributed by atoms with Gasteiger partial charge in [-0.15, -0.1) is 0 Å². The van der Waals surface area contributed by atoms with E-state index in [4.69, 9.17) is 11.6 Å². The Morgan fingerprint density at radius 1 is 1.00 bits per heavy atom. The second-order valence-electron chi connectivity index (χ2n) is 7.42. The lowest BCUT2D eigenvalue weighted by molar-refractivity contribution is 0.0993.